The smallest absolute Gasteiger partial charge is 0.195 e. The number of benzene rings is 1. The van der Waals surface area contributed by atoms with Crippen LogP contribution in [-0.2, 0) is 15.3 Å². The highest BCUT2D eigenvalue weighted by atomic mass is 16.7. The molecule has 0 radical (unpaired) electrons. The predicted molar refractivity (Wildman–Crippen MR) is 74.9 cm³/mol. The van der Waals surface area contributed by atoms with Crippen LogP contribution in [0.1, 0.15) is 38.2 Å². The van der Waals surface area contributed by atoms with Crippen molar-refractivity contribution in [3.8, 4) is 0 Å². The van der Waals surface area contributed by atoms with Gasteiger partial charge in [-0.3, -0.25) is 0 Å². The van der Waals surface area contributed by atoms with Crippen LogP contribution in [0.2, 0.25) is 0 Å². The van der Waals surface area contributed by atoms with Crippen molar-refractivity contribution < 1.29 is 9.47 Å². The van der Waals surface area contributed by atoms with Crippen LogP contribution in [0.3, 0.4) is 0 Å². The van der Waals surface area contributed by atoms with Crippen LogP contribution in [0.25, 0.3) is 0 Å². The van der Waals surface area contributed by atoms with E-state index in [2.05, 4.69) is 24.4 Å². The van der Waals surface area contributed by atoms with Crippen LogP contribution >= 0.6 is 0 Å². The summed E-state index contributed by atoms with van der Waals surface area (Å²) in [7, 11) is 0. The highest BCUT2D eigenvalue weighted by Gasteiger charge is 2.44. The summed E-state index contributed by atoms with van der Waals surface area (Å²) in [4.78, 5) is 0. The fraction of sp³-hybridized carbons (Fsp3) is 0.625. The van der Waals surface area contributed by atoms with Crippen molar-refractivity contribution in [3.63, 3.8) is 0 Å². The van der Waals surface area contributed by atoms with E-state index in [4.69, 9.17) is 9.47 Å². The second-order valence-corrected chi connectivity index (χ2v) is 5.50. The van der Waals surface area contributed by atoms with E-state index in [1.807, 2.05) is 18.2 Å². The molecule has 0 aromatic heterocycles. The Kier molecular flexibility index (Phi) is 3.87. The molecule has 0 unspecified atom stereocenters. The molecule has 2 fully saturated rings. The minimum Gasteiger partial charge on any atom is -0.343 e. The topological polar surface area (TPSA) is 30.5 Å². The largest absolute Gasteiger partial charge is 0.343 e. The van der Waals surface area contributed by atoms with Gasteiger partial charge in [-0.15, -0.1) is 0 Å². The molecule has 2 aliphatic rings. The molecule has 0 bridgehead atoms. The van der Waals surface area contributed by atoms with Gasteiger partial charge < -0.3 is 14.8 Å². The molecule has 1 N–H and O–H groups in total. The maximum Gasteiger partial charge on any atom is 0.195 e. The molecule has 3 heteroatoms. The van der Waals surface area contributed by atoms with Crippen LogP contribution in [0.4, 0.5) is 0 Å². The van der Waals surface area contributed by atoms with E-state index < -0.39 is 5.79 Å². The van der Waals surface area contributed by atoms with Gasteiger partial charge in [0.2, 0.25) is 0 Å². The van der Waals surface area contributed by atoms with E-state index in [1.165, 1.54) is 19.3 Å². The lowest BCUT2D eigenvalue weighted by molar-refractivity contribution is -0.182. The minimum absolute atomic E-state index is 0.181. The monoisotopic (exact) mass is 261 g/mol. The Bertz CT molecular complexity index is 402. The van der Waals surface area contributed by atoms with Crippen molar-refractivity contribution in [3.05, 3.63) is 35.9 Å². The van der Waals surface area contributed by atoms with E-state index in [9.17, 15) is 0 Å². The van der Waals surface area contributed by atoms with Crippen molar-refractivity contribution in [2.45, 2.75) is 50.5 Å². The summed E-state index contributed by atoms with van der Waals surface area (Å²) in [6.45, 7) is 3.93. The first-order chi connectivity index (χ1) is 9.34. The SMILES string of the molecule is CC[C@@]1(c2ccccc2)OC[C@@H]([C@@H]2CCCCN2)O1. The molecule has 3 rings (SSSR count). The lowest BCUT2D eigenvalue weighted by atomic mass is 10.00. The average molecular weight is 261 g/mol. The third-order valence-corrected chi connectivity index (χ3v) is 4.30. The molecule has 19 heavy (non-hydrogen) atoms. The molecule has 104 valence electrons. The molecule has 0 saturated carbocycles. The number of rotatable bonds is 3. The van der Waals surface area contributed by atoms with Crippen molar-refractivity contribution in [2.75, 3.05) is 13.2 Å². The van der Waals surface area contributed by atoms with Crippen LogP contribution in [0, 0.1) is 0 Å². The van der Waals surface area contributed by atoms with E-state index in [0.717, 1.165) is 18.5 Å². The highest BCUT2D eigenvalue weighted by molar-refractivity contribution is 5.21. The summed E-state index contributed by atoms with van der Waals surface area (Å²) in [5, 5.41) is 3.57. The first kappa shape index (κ1) is 13.1. The molecule has 2 heterocycles. The molecular formula is C16H23NO2. The van der Waals surface area contributed by atoms with Gasteiger partial charge >= 0.3 is 0 Å². The minimum atomic E-state index is -0.537. The Morgan fingerprint density at radius 2 is 2.11 bits per heavy atom. The van der Waals surface area contributed by atoms with Crippen molar-refractivity contribution in [1.29, 1.82) is 0 Å². The molecular weight excluding hydrogens is 238 g/mol. The molecule has 1 aromatic carbocycles. The van der Waals surface area contributed by atoms with E-state index in [1.54, 1.807) is 0 Å². The van der Waals surface area contributed by atoms with E-state index >= 15 is 0 Å². The molecule has 0 aliphatic carbocycles. The quantitative estimate of drug-likeness (QED) is 0.907. The summed E-state index contributed by atoms with van der Waals surface area (Å²) < 4.78 is 12.4. The van der Waals surface area contributed by atoms with Crippen molar-refractivity contribution in [2.24, 2.45) is 0 Å². The van der Waals surface area contributed by atoms with E-state index in [-0.39, 0.29) is 6.10 Å². The maximum absolute atomic E-state index is 6.34. The first-order valence-electron chi connectivity index (χ1n) is 7.45. The Morgan fingerprint density at radius 3 is 2.79 bits per heavy atom. The second-order valence-electron chi connectivity index (χ2n) is 5.50. The van der Waals surface area contributed by atoms with Gasteiger partial charge in [0, 0.05) is 18.0 Å². The molecule has 1 aromatic rings. The maximum atomic E-state index is 6.34. The normalized spacial score (nSPS) is 35.4. The zero-order valence-corrected chi connectivity index (χ0v) is 11.6. The summed E-state index contributed by atoms with van der Waals surface area (Å²) in [6.07, 6.45) is 4.80. The van der Waals surface area contributed by atoms with Crippen molar-refractivity contribution >= 4 is 0 Å². The fourth-order valence-corrected chi connectivity index (χ4v) is 3.16. The van der Waals surface area contributed by atoms with Gasteiger partial charge in [0.05, 0.1) is 6.61 Å². The van der Waals surface area contributed by atoms with Gasteiger partial charge in [0.25, 0.3) is 0 Å². The Labute approximate surface area is 115 Å². The first-order valence-corrected chi connectivity index (χ1v) is 7.45. The predicted octanol–water partition coefficient (Wildman–Crippen LogP) is 2.81. The summed E-state index contributed by atoms with van der Waals surface area (Å²) >= 11 is 0. The third-order valence-electron chi connectivity index (χ3n) is 4.30. The number of nitrogens with one attached hydrogen (secondary N) is 1. The fourth-order valence-electron chi connectivity index (χ4n) is 3.16. The zero-order chi connectivity index (χ0) is 13.1. The lowest BCUT2D eigenvalue weighted by Crippen LogP contribution is -2.45. The van der Waals surface area contributed by atoms with Crippen molar-refractivity contribution in [1.82, 2.24) is 5.32 Å². The lowest BCUT2D eigenvalue weighted by Gasteiger charge is -2.31. The number of hydrogen-bond acceptors (Lipinski definition) is 3. The average Bonchev–Trinajstić information content (AvgIpc) is 2.95. The highest BCUT2D eigenvalue weighted by Crippen LogP contribution is 2.38. The van der Waals surface area contributed by atoms with Gasteiger partial charge in [0.1, 0.15) is 6.10 Å². The van der Waals surface area contributed by atoms with Gasteiger partial charge in [0.15, 0.2) is 5.79 Å². The summed E-state index contributed by atoms with van der Waals surface area (Å²) in [5.74, 6) is -0.537. The van der Waals surface area contributed by atoms with Gasteiger partial charge in [-0.2, -0.15) is 0 Å². The van der Waals surface area contributed by atoms with Gasteiger partial charge in [-0.25, -0.2) is 0 Å². The molecule has 3 atom stereocenters. The molecule has 3 nitrogen and oxygen atoms in total. The Hall–Kier alpha value is -0.900. The summed E-state index contributed by atoms with van der Waals surface area (Å²) in [6, 6.07) is 10.8. The molecule has 0 spiro atoms. The van der Waals surface area contributed by atoms with E-state index in [0.29, 0.717) is 12.6 Å². The molecule has 0 amide bonds. The van der Waals surface area contributed by atoms with Crippen LogP contribution < -0.4 is 5.32 Å². The van der Waals surface area contributed by atoms with Crippen LogP contribution in [0.5, 0.6) is 0 Å². The van der Waals surface area contributed by atoms with Gasteiger partial charge in [-0.1, -0.05) is 43.7 Å². The Balaban J connectivity index is 1.75. The van der Waals surface area contributed by atoms with Gasteiger partial charge in [-0.05, 0) is 19.4 Å². The molecule has 2 saturated heterocycles. The standard InChI is InChI=1S/C16H23NO2/c1-2-16(13-8-4-3-5-9-13)18-12-15(19-16)14-10-6-7-11-17-14/h3-5,8-9,14-15,17H,2,6-7,10-12H2,1H3/t14-,15-,16+/m0/s1. The number of hydrogen-bond donors (Lipinski definition) is 1. The number of piperidine rings is 1. The van der Waals surface area contributed by atoms with Crippen LogP contribution in [-0.4, -0.2) is 25.3 Å². The molecule has 2 aliphatic heterocycles. The Morgan fingerprint density at radius 1 is 1.26 bits per heavy atom. The third kappa shape index (κ3) is 2.55. The summed E-state index contributed by atoms with van der Waals surface area (Å²) in [5.41, 5.74) is 1.14. The second kappa shape index (κ2) is 5.61. The zero-order valence-electron chi connectivity index (χ0n) is 11.6. The van der Waals surface area contributed by atoms with Crippen LogP contribution in [0.15, 0.2) is 30.3 Å². The number of ether oxygens (including phenoxy) is 2.